The van der Waals surface area contributed by atoms with Gasteiger partial charge < -0.3 is 15.6 Å². The maximum Gasteiger partial charge on any atom is 0.220 e. The highest BCUT2D eigenvalue weighted by Crippen LogP contribution is 2.22. The fourth-order valence-corrected chi connectivity index (χ4v) is 3.34. The predicted octanol–water partition coefficient (Wildman–Crippen LogP) is 3.09. The number of halogens is 2. The molecule has 1 aliphatic heterocycles. The maximum absolute atomic E-state index is 12.1. The average molecular weight is 387 g/mol. The highest BCUT2D eigenvalue weighted by Gasteiger charge is 2.21. The third-order valence-electron chi connectivity index (χ3n) is 4.77. The molecule has 0 aliphatic carbocycles. The molecule has 2 unspecified atom stereocenters. The molecule has 2 aromatic rings. The molecule has 1 amide bonds. The van der Waals surface area contributed by atoms with E-state index in [9.17, 15) is 4.79 Å². The number of nitrogens with zero attached hydrogens (tertiary/aromatic N) is 1. The summed E-state index contributed by atoms with van der Waals surface area (Å²) in [4.78, 5) is 19.9. The number of aromatic nitrogens is 2. The Kier molecular flexibility index (Phi) is 9.25. The number of hydrogen-bond donors (Lipinski definition) is 3. The Bertz CT molecular complexity index is 622. The minimum absolute atomic E-state index is 0. The first-order valence-corrected chi connectivity index (χ1v) is 8.63. The van der Waals surface area contributed by atoms with E-state index >= 15 is 0 Å². The van der Waals surface area contributed by atoms with E-state index in [4.69, 9.17) is 0 Å². The molecule has 5 nitrogen and oxygen atoms in total. The molecule has 0 radical (unpaired) electrons. The lowest BCUT2D eigenvalue weighted by Gasteiger charge is -2.28. The molecule has 3 N–H and O–H groups in total. The molecule has 0 saturated carbocycles. The van der Waals surface area contributed by atoms with Crippen LogP contribution in [0.25, 0.3) is 11.0 Å². The summed E-state index contributed by atoms with van der Waals surface area (Å²) in [5.41, 5.74) is 2.03. The Morgan fingerprint density at radius 2 is 2.16 bits per heavy atom. The van der Waals surface area contributed by atoms with Gasteiger partial charge in [0.15, 0.2) is 0 Å². The van der Waals surface area contributed by atoms with Gasteiger partial charge in [-0.2, -0.15) is 0 Å². The van der Waals surface area contributed by atoms with Crippen LogP contribution in [0.1, 0.15) is 32.0 Å². The summed E-state index contributed by atoms with van der Waals surface area (Å²) >= 11 is 0. The Morgan fingerprint density at radius 3 is 2.88 bits per heavy atom. The smallest absolute Gasteiger partial charge is 0.220 e. The molecule has 0 bridgehead atoms. The first-order valence-electron chi connectivity index (χ1n) is 8.63. The lowest BCUT2D eigenvalue weighted by molar-refractivity contribution is -0.122. The number of H-pyrrole nitrogens is 1. The highest BCUT2D eigenvalue weighted by molar-refractivity contribution is 5.85. The number of hydrogen-bond acceptors (Lipinski definition) is 3. The van der Waals surface area contributed by atoms with E-state index in [-0.39, 0.29) is 30.7 Å². The number of imidazole rings is 1. The van der Waals surface area contributed by atoms with Gasteiger partial charge in [-0.15, -0.1) is 24.8 Å². The van der Waals surface area contributed by atoms with Gasteiger partial charge in [0.1, 0.15) is 5.82 Å². The van der Waals surface area contributed by atoms with Gasteiger partial charge in [-0.25, -0.2) is 4.98 Å². The van der Waals surface area contributed by atoms with Crippen molar-refractivity contribution in [1.29, 1.82) is 0 Å². The molecular weight excluding hydrogens is 359 g/mol. The number of amides is 1. The summed E-state index contributed by atoms with van der Waals surface area (Å²) in [6.07, 6.45) is 3.81. The predicted molar refractivity (Wildman–Crippen MR) is 107 cm³/mol. The maximum atomic E-state index is 12.1. The van der Waals surface area contributed by atoms with E-state index in [2.05, 4.69) is 27.5 Å². The average Bonchev–Trinajstić information content (AvgIpc) is 2.98. The molecule has 1 saturated heterocycles. The fourth-order valence-electron chi connectivity index (χ4n) is 3.34. The number of nitrogens with one attached hydrogen (secondary N) is 3. The van der Waals surface area contributed by atoms with Crippen molar-refractivity contribution in [3.8, 4) is 0 Å². The quantitative estimate of drug-likeness (QED) is 0.714. The zero-order valence-electron chi connectivity index (χ0n) is 14.6. The summed E-state index contributed by atoms with van der Waals surface area (Å²) in [6, 6.07) is 7.99. The first-order chi connectivity index (χ1) is 11.2. The van der Waals surface area contributed by atoms with Crippen LogP contribution in [0.3, 0.4) is 0 Å². The Labute approximate surface area is 161 Å². The number of benzene rings is 1. The highest BCUT2D eigenvalue weighted by atomic mass is 35.5. The van der Waals surface area contributed by atoms with Gasteiger partial charge >= 0.3 is 0 Å². The monoisotopic (exact) mass is 386 g/mol. The van der Waals surface area contributed by atoms with Crippen molar-refractivity contribution < 1.29 is 4.79 Å². The Hall–Kier alpha value is -1.30. The first kappa shape index (κ1) is 21.7. The lowest BCUT2D eigenvalue weighted by atomic mass is 9.85. The molecule has 1 fully saturated rings. The van der Waals surface area contributed by atoms with E-state index in [1.54, 1.807) is 0 Å². The van der Waals surface area contributed by atoms with E-state index in [0.29, 0.717) is 24.8 Å². The van der Waals surface area contributed by atoms with Gasteiger partial charge in [-0.05, 0) is 49.9 Å². The van der Waals surface area contributed by atoms with Crippen LogP contribution < -0.4 is 10.6 Å². The standard InChI is InChI=1S/C18H26N4O.2ClH/c1-13(14-5-4-9-19-12-14)11-18(23)20-10-8-17-21-15-6-2-3-7-16(15)22-17;;/h2-3,6-7,13-14,19H,4-5,8-12H2,1H3,(H,20,23)(H,21,22);2*1H. The molecule has 1 aromatic carbocycles. The van der Waals surface area contributed by atoms with Gasteiger partial charge in [-0.3, -0.25) is 4.79 Å². The molecule has 7 heteroatoms. The number of carbonyl (C=O) groups excluding carboxylic acids is 1. The van der Waals surface area contributed by atoms with E-state index in [0.717, 1.165) is 36.4 Å². The number of para-hydroxylation sites is 2. The van der Waals surface area contributed by atoms with Crippen molar-refractivity contribution in [2.24, 2.45) is 11.8 Å². The molecule has 140 valence electrons. The van der Waals surface area contributed by atoms with Crippen molar-refractivity contribution in [3.05, 3.63) is 30.1 Å². The SMILES string of the molecule is CC(CC(=O)NCCc1nc2ccccc2[nH]1)C1CCCNC1.Cl.Cl. The second-order valence-corrected chi connectivity index (χ2v) is 6.59. The molecule has 25 heavy (non-hydrogen) atoms. The van der Waals surface area contributed by atoms with Crippen LogP contribution in [0.2, 0.25) is 0 Å². The number of rotatable bonds is 6. The van der Waals surface area contributed by atoms with Crippen molar-refractivity contribution in [1.82, 2.24) is 20.6 Å². The number of piperidine rings is 1. The van der Waals surface area contributed by atoms with Gasteiger partial charge in [0.05, 0.1) is 11.0 Å². The molecule has 0 spiro atoms. The summed E-state index contributed by atoms with van der Waals surface area (Å²) < 4.78 is 0. The molecule has 1 aromatic heterocycles. The molecule has 2 heterocycles. The van der Waals surface area contributed by atoms with E-state index in [1.807, 2.05) is 24.3 Å². The summed E-state index contributed by atoms with van der Waals surface area (Å²) in [5.74, 6) is 2.15. The molecule has 2 atom stereocenters. The number of aromatic amines is 1. The van der Waals surface area contributed by atoms with Crippen LogP contribution in [-0.2, 0) is 11.2 Å². The number of fused-ring (bicyclic) bond motifs is 1. The number of carbonyl (C=O) groups is 1. The second kappa shape index (κ2) is 10.6. The van der Waals surface area contributed by atoms with Gasteiger partial charge in [0.25, 0.3) is 0 Å². The van der Waals surface area contributed by atoms with Gasteiger partial charge in [0.2, 0.25) is 5.91 Å². The molecular formula is C18H28Cl2N4O. The normalized spacial score (nSPS) is 18.0. The van der Waals surface area contributed by atoms with Gasteiger partial charge in [-0.1, -0.05) is 19.1 Å². The fraction of sp³-hybridized carbons (Fsp3) is 0.556. The lowest BCUT2D eigenvalue weighted by Crippen LogP contribution is -2.36. The van der Waals surface area contributed by atoms with Crippen LogP contribution in [0, 0.1) is 11.8 Å². The van der Waals surface area contributed by atoms with Crippen LogP contribution in [0.4, 0.5) is 0 Å². The topological polar surface area (TPSA) is 69.8 Å². The van der Waals surface area contributed by atoms with Crippen molar-refractivity contribution in [2.45, 2.75) is 32.6 Å². The van der Waals surface area contributed by atoms with Crippen molar-refractivity contribution >= 4 is 41.8 Å². The molecule has 1 aliphatic rings. The minimum atomic E-state index is 0. The zero-order valence-corrected chi connectivity index (χ0v) is 16.2. The van der Waals surface area contributed by atoms with Crippen LogP contribution in [0.15, 0.2) is 24.3 Å². The second-order valence-electron chi connectivity index (χ2n) is 6.59. The van der Waals surface area contributed by atoms with Gasteiger partial charge in [0, 0.05) is 19.4 Å². The van der Waals surface area contributed by atoms with E-state index < -0.39 is 0 Å². The largest absolute Gasteiger partial charge is 0.356 e. The summed E-state index contributed by atoms with van der Waals surface area (Å²) in [5, 5.41) is 6.45. The Morgan fingerprint density at radius 1 is 1.36 bits per heavy atom. The molecule has 3 rings (SSSR count). The zero-order chi connectivity index (χ0) is 16.1. The minimum Gasteiger partial charge on any atom is -0.356 e. The van der Waals surface area contributed by atoms with Crippen LogP contribution >= 0.6 is 24.8 Å². The summed E-state index contributed by atoms with van der Waals surface area (Å²) in [7, 11) is 0. The third-order valence-corrected chi connectivity index (χ3v) is 4.77. The van der Waals surface area contributed by atoms with Crippen molar-refractivity contribution in [2.75, 3.05) is 19.6 Å². The van der Waals surface area contributed by atoms with Crippen molar-refractivity contribution in [3.63, 3.8) is 0 Å². The summed E-state index contributed by atoms with van der Waals surface area (Å²) in [6.45, 7) is 4.99. The van der Waals surface area contributed by atoms with Crippen LogP contribution in [0.5, 0.6) is 0 Å². The van der Waals surface area contributed by atoms with Crippen LogP contribution in [-0.4, -0.2) is 35.5 Å². The third kappa shape index (κ3) is 6.17. The van der Waals surface area contributed by atoms with E-state index in [1.165, 1.54) is 12.8 Å². The Balaban J connectivity index is 0.00000156.